The molecule has 0 amide bonds. The SMILES string of the molecule is COC(=O)c1ccc([N+](=O)[O-])c(NC2(C)CCOC2)n1. The normalized spacial score (nSPS) is 21.5. The average Bonchev–Trinajstić information content (AvgIpc) is 2.83. The quantitative estimate of drug-likeness (QED) is 0.505. The van der Waals surface area contributed by atoms with Gasteiger partial charge in [0.2, 0.25) is 5.82 Å². The molecule has 1 atom stereocenters. The molecule has 20 heavy (non-hydrogen) atoms. The maximum Gasteiger partial charge on any atom is 0.356 e. The van der Waals surface area contributed by atoms with E-state index in [1.54, 1.807) is 0 Å². The first kappa shape index (κ1) is 14.2. The molecule has 0 bridgehead atoms. The van der Waals surface area contributed by atoms with E-state index in [0.717, 1.165) is 0 Å². The first-order valence-corrected chi connectivity index (χ1v) is 6.05. The second-order valence-corrected chi connectivity index (χ2v) is 4.80. The van der Waals surface area contributed by atoms with Crippen LogP contribution >= 0.6 is 0 Å². The van der Waals surface area contributed by atoms with Crippen molar-refractivity contribution < 1.29 is 19.2 Å². The summed E-state index contributed by atoms with van der Waals surface area (Å²) in [6, 6.07) is 2.50. The zero-order valence-corrected chi connectivity index (χ0v) is 11.2. The molecule has 1 N–H and O–H groups in total. The van der Waals surface area contributed by atoms with E-state index in [1.165, 1.54) is 19.2 Å². The summed E-state index contributed by atoms with van der Waals surface area (Å²) in [5.74, 6) is -0.596. The van der Waals surface area contributed by atoms with Gasteiger partial charge in [0.1, 0.15) is 0 Å². The highest BCUT2D eigenvalue weighted by molar-refractivity contribution is 5.88. The van der Waals surface area contributed by atoms with Crippen molar-refractivity contribution in [3.8, 4) is 0 Å². The molecule has 1 aliphatic rings. The average molecular weight is 281 g/mol. The minimum Gasteiger partial charge on any atom is -0.464 e. The second-order valence-electron chi connectivity index (χ2n) is 4.80. The number of carbonyl (C=O) groups excluding carboxylic acids is 1. The standard InChI is InChI=1S/C12H15N3O5/c1-12(5-6-20-7-12)14-10-9(15(17)18)4-3-8(13-10)11(16)19-2/h3-4H,5-7H2,1-2H3,(H,13,14). The van der Waals surface area contributed by atoms with Crippen LogP contribution in [0.5, 0.6) is 0 Å². The molecule has 108 valence electrons. The van der Waals surface area contributed by atoms with E-state index in [4.69, 9.17) is 4.74 Å². The van der Waals surface area contributed by atoms with Gasteiger partial charge in [0.25, 0.3) is 0 Å². The first-order valence-electron chi connectivity index (χ1n) is 6.05. The first-order chi connectivity index (χ1) is 9.45. The third-order valence-corrected chi connectivity index (χ3v) is 3.10. The summed E-state index contributed by atoms with van der Waals surface area (Å²) in [7, 11) is 1.23. The van der Waals surface area contributed by atoms with Crippen molar-refractivity contribution in [2.24, 2.45) is 0 Å². The minimum absolute atomic E-state index is 0.0168. The predicted octanol–water partition coefficient (Wildman–Crippen LogP) is 1.37. The van der Waals surface area contributed by atoms with Crippen LogP contribution in [0.4, 0.5) is 11.5 Å². The number of aromatic nitrogens is 1. The smallest absolute Gasteiger partial charge is 0.356 e. The molecule has 0 spiro atoms. The zero-order chi connectivity index (χ0) is 14.8. The van der Waals surface area contributed by atoms with Gasteiger partial charge in [0.15, 0.2) is 5.69 Å². The fourth-order valence-electron chi connectivity index (χ4n) is 1.96. The van der Waals surface area contributed by atoms with Gasteiger partial charge in [-0.3, -0.25) is 10.1 Å². The molecule has 1 unspecified atom stereocenters. The summed E-state index contributed by atoms with van der Waals surface area (Å²) in [5.41, 5.74) is -0.610. The molecule has 2 rings (SSSR count). The molecule has 1 fully saturated rings. The Bertz CT molecular complexity index is 540. The van der Waals surface area contributed by atoms with Gasteiger partial charge in [-0.25, -0.2) is 9.78 Å². The molecule has 0 radical (unpaired) electrons. The lowest BCUT2D eigenvalue weighted by atomic mass is 10.0. The van der Waals surface area contributed by atoms with Crippen molar-refractivity contribution in [3.05, 3.63) is 27.9 Å². The van der Waals surface area contributed by atoms with Crippen LogP contribution < -0.4 is 5.32 Å². The van der Waals surface area contributed by atoms with Crippen molar-refractivity contribution >= 4 is 17.5 Å². The van der Waals surface area contributed by atoms with Crippen LogP contribution in [0.3, 0.4) is 0 Å². The lowest BCUT2D eigenvalue weighted by Gasteiger charge is -2.24. The summed E-state index contributed by atoms with van der Waals surface area (Å²) < 4.78 is 9.84. The van der Waals surface area contributed by atoms with E-state index in [2.05, 4.69) is 15.0 Å². The number of anilines is 1. The van der Waals surface area contributed by atoms with E-state index in [-0.39, 0.29) is 17.2 Å². The monoisotopic (exact) mass is 281 g/mol. The fraction of sp³-hybridized carbons (Fsp3) is 0.500. The zero-order valence-electron chi connectivity index (χ0n) is 11.2. The lowest BCUT2D eigenvalue weighted by molar-refractivity contribution is -0.384. The van der Waals surface area contributed by atoms with Gasteiger partial charge in [-0.2, -0.15) is 0 Å². The highest BCUT2D eigenvalue weighted by Crippen LogP contribution is 2.29. The Morgan fingerprint density at radius 3 is 2.90 bits per heavy atom. The Morgan fingerprint density at radius 2 is 2.35 bits per heavy atom. The number of carbonyl (C=O) groups is 1. The van der Waals surface area contributed by atoms with Gasteiger partial charge in [0, 0.05) is 12.7 Å². The van der Waals surface area contributed by atoms with E-state index in [1.807, 2.05) is 6.92 Å². The lowest BCUT2D eigenvalue weighted by Crippen LogP contribution is -2.35. The fourth-order valence-corrected chi connectivity index (χ4v) is 1.96. The largest absolute Gasteiger partial charge is 0.464 e. The molecule has 0 aromatic carbocycles. The third-order valence-electron chi connectivity index (χ3n) is 3.10. The number of nitrogens with one attached hydrogen (secondary N) is 1. The van der Waals surface area contributed by atoms with Crippen LogP contribution in [-0.4, -0.2) is 41.7 Å². The highest BCUT2D eigenvalue weighted by Gasteiger charge is 2.32. The summed E-state index contributed by atoms with van der Waals surface area (Å²) in [5, 5.41) is 14.0. The van der Waals surface area contributed by atoms with E-state index >= 15 is 0 Å². The molecule has 1 saturated heterocycles. The molecule has 1 aromatic heterocycles. The Morgan fingerprint density at radius 1 is 1.60 bits per heavy atom. The van der Waals surface area contributed by atoms with Gasteiger partial charge >= 0.3 is 11.7 Å². The minimum atomic E-state index is -0.643. The van der Waals surface area contributed by atoms with Crippen molar-refractivity contribution in [2.75, 3.05) is 25.6 Å². The Balaban J connectivity index is 2.36. The topological polar surface area (TPSA) is 104 Å². The van der Waals surface area contributed by atoms with Crippen LogP contribution in [0, 0.1) is 10.1 Å². The van der Waals surface area contributed by atoms with E-state index < -0.39 is 16.4 Å². The van der Waals surface area contributed by atoms with Crippen LogP contribution in [0.2, 0.25) is 0 Å². The summed E-state index contributed by atoms with van der Waals surface area (Å²) in [4.78, 5) is 25.9. The van der Waals surface area contributed by atoms with Crippen LogP contribution in [0.1, 0.15) is 23.8 Å². The number of pyridine rings is 1. The van der Waals surface area contributed by atoms with Crippen molar-refractivity contribution in [1.82, 2.24) is 4.98 Å². The molecule has 8 heteroatoms. The van der Waals surface area contributed by atoms with Crippen LogP contribution in [0.25, 0.3) is 0 Å². The summed E-state index contributed by atoms with van der Waals surface area (Å²) in [6.45, 7) is 2.89. The van der Waals surface area contributed by atoms with Gasteiger partial charge in [0.05, 0.1) is 24.2 Å². The van der Waals surface area contributed by atoms with E-state index in [0.29, 0.717) is 19.6 Å². The number of methoxy groups -OCH3 is 1. The molecular weight excluding hydrogens is 266 g/mol. The Kier molecular flexibility index (Phi) is 3.84. The molecule has 8 nitrogen and oxygen atoms in total. The van der Waals surface area contributed by atoms with Crippen molar-refractivity contribution in [3.63, 3.8) is 0 Å². The Labute approximate surface area is 115 Å². The summed E-state index contributed by atoms with van der Waals surface area (Å²) >= 11 is 0. The molecular formula is C12H15N3O5. The van der Waals surface area contributed by atoms with Crippen LogP contribution in [-0.2, 0) is 9.47 Å². The second kappa shape index (κ2) is 5.41. The molecule has 0 aliphatic carbocycles. The maximum absolute atomic E-state index is 11.5. The number of hydrogen-bond donors (Lipinski definition) is 1. The molecule has 1 aliphatic heterocycles. The van der Waals surface area contributed by atoms with Gasteiger partial charge < -0.3 is 14.8 Å². The number of hydrogen-bond acceptors (Lipinski definition) is 7. The number of nitro groups is 1. The van der Waals surface area contributed by atoms with Crippen molar-refractivity contribution in [2.45, 2.75) is 18.9 Å². The highest BCUT2D eigenvalue weighted by atomic mass is 16.6. The van der Waals surface area contributed by atoms with Crippen LogP contribution in [0.15, 0.2) is 12.1 Å². The molecule has 1 aromatic rings. The Hall–Kier alpha value is -2.22. The molecule has 0 saturated carbocycles. The third kappa shape index (κ3) is 2.85. The van der Waals surface area contributed by atoms with E-state index in [9.17, 15) is 14.9 Å². The summed E-state index contributed by atoms with van der Waals surface area (Å²) in [6.07, 6.45) is 0.703. The number of esters is 1. The predicted molar refractivity (Wildman–Crippen MR) is 69.7 cm³/mol. The van der Waals surface area contributed by atoms with Gasteiger partial charge in [-0.1, -0.05) is 0 Å². The van der Waals surface area contributed by atoms with Gasteiger partial charge in [-0.05, 0) is 19.4 Å². The van der Waals surface area contributed by atoms with Crippen molar-refractivity contribution in [1.29, 1.82) is 0 Å². The van der Waals surface area contributed by atoms with Gasteiger partial charge in [-0.15, -0.1) is 0 Å². The number of ether oxygens (including phenoxy) is 2. The number of rotatable bonds is 4. The molecule has 2 heterocycles. The maximum atomic E-state index is 11.5. The number of nitrogens with zero attached hydrogens (tertiary/aromatic N) is 2.